The molecule has 1 atom stereocenters. The number of urea groups is 1. The molecule has 1 saturated heterocycles. The second kappa shape index (κ2) is 4.71. The van der Waals surface area contributed by atoms with E-state index >= 15 is 0 Å². The highest BCUT2D eigenvalue weighted by atomic mass is 16.4. The molecule has 8 nitrogen and oxygen atoms in total. The van der Waals surface area contributed by atoms with Crippen LogP contribution in [0.25, 0.3) is 0 Å². The van der Waals surface area contributed by atoms with Crippen molar-refractivity contribution in [2.45, 2.75) is 44.7 Å². The van der Waals surface area contributed by atoms with Gasteiger partial charge in [-0.3, -0.25) is 14.5 Å². The van der Waals surface area contributed by atoms with Crippen molar-refractivity contribution < 1.29 is 24.3 Å². The summed E-state index contributed by atoms with van der Waals surface area (Å²) in [7, 11) is 0. The first-order valence-electron chi connectivity index (χ1n) is 6.76. The Morgan fingerprint density at radius 2 is 2.00 bits per heavy atom. The molecule has 4 amide bonds. The molecule has 1 saturated carbocycles. The molecule has 8 heteroatoms. The Hall–Kier alpha value is -2.12. The maximum atomic E-state index is 12.0. The van der Waals surface area contributed by atoms with Crippen LogP contribution >= 0.6 is 0 Å². The van der Waals surface area contributed by atoms with Crippen LogP contribution in [0.5, 0.6) is 0 Å². The molecule has 21 heavy (non-hydrogen) atoms. The van der Waals surface area contributed by atoms with Crippen LogP contribution in [-0.2, 0) is 14.4 Å². The fraction of sp³-hybridized carbons (Fsp3) is 0.692. The maximum Gasteiger partial charge on any atom is 0.329 e. The highest BCUT2D eigenvalue weighted by Gasteiger charge is 2.50. The quantitative estimate of drug-likeness (QED) is 0.602. The first-order chi connectivity index (χ1) is 9.58. The number of carbonyl (C=O) groups excluding carboxylic acids is 3. The molecule has 0 radical (unpaired) electrons. The van der Waals surface area contributed by atoms with E-state index in [4.69, 9.17) is 0 Å². The molecule has 0 aromatic heterocycles. The molecule has 0 bridgehead atoms. The number of nitrogens with one attached hydrogen (secondary N) is 2. The van der Waals surface area contributed by atoms with Crippen LogP contribution in [0.2, 0.25) is 0 Å². The summed E-state index contributed by atoms with van der Waals surface area (Å²) in [6.45, 7) is 4.04. The third-order valence-electron chi connectivity index (χ3n) is 3.98. The second-order valence-corrected chi connectivity index (χ2v) is 6.28. The molecule has 116 valence electrons. The SMILES string of the molecule is CC1(C)NC(=O)N(CC(=O)NC(C)(C(=O)O)C2CC2)C1=O. The Bertz CT molecular complexity index is 526. The van der Waals surface area contributed by atoms with Crippen LogP contribution in [0.15, 0.2) is 0 Å². The highest BCUT2D eigenvalue weighted by molar-refractivity contribution is 6.08. The van der Waals surface area contributed by atoms with E-state index in [1.807, 2.05) is 0 Å². The predicted molar refractivity (Wildman–Crippen MR) is 71.2 cm³/mol. The molecule has 1 aliphatic heterocycles. The van der Waals surface area contributed by atoms with Crippen LogP contribution < -0.4 is 10.6 Å². The second-order valence-electron chi connectivity index (χ2n) is 6.28. The van der Waals surface area contributed by atoms with Gasteiger partial charge in [-0.15, -0.1) is 0 Å². The van der Waals surface area contributed by atoms with Gasteiger partial charge in [0.1, 0.15) is 17.6 Å². The van der Waals surface area contributed by atoms with Crippen molar-refractivity contribution in [1.82, 2.24) is 15.5 Å². The number of carboxylic acids is 1. The summed E-state index contributed by atoms with van der Waals surface area (Å²) in [5, 5.41) is 14.2. The molecule has 1 heterocycles. The van der Waals surface area contributed by atoms with E-state index in [0.29, 0.717) is 0 Å². The number of rotatable bonds is 5. The molecule has 2 rings (SSSR count). The Balaban J connectivity index is 2.04. The lowest BCUT2D eigenvalue weighted by Gasteiger charge is -2.27. The van der Waals surface area contributed by atoms with E-state index in [1.54, 1.807) is 0 Å². The van der Waals surface area contributed by atoms with E-state index in [9.17, 15) is 24.3 Å². The van der Waals surface area contributed by atoms with Gasteiger partial charge in [0, 0.05) is 0 Å². The normalized spacial score (nSPS) is 23.5. The first kappa shape index (κ1) is 15.3. The topological polar surface area (TPSA) is 116 Å². The summed E-state index contributed by atoms with van der Waals surface area (Å²) in [5.41, 5.74) is -2.41. The summed E-state index contributed by atoms with van der Waals surface area (Å²) < 4.78 is 0. The molecule has 1 aliphatic carbocycles. The molecule has 2 fully saturated rings. The van der Waals surface area contributed by atoms with Gasteiger partial charge in [-0.2, -0.15) is 0 Å². The van der Waals surface area contributed by atoms with Gasteiger partial charge in [0.2, 0.25) is 5.91 Å². The Labute approximate surface area is 121 Å². The van der Waals surface area contributed by atoms with Gasteiger partial charge in [-0.05, 0) is 39.5 Å². The average Bonchev–Trinajstić information content (AvgIpc) is 3.15. The number of carbonyl (C=O) groups is 4. The van der Waals surface area contributed by atoms with E-state index in [0.717, 1.165) is 17.7 Å². The van der Waals surface area contributed by atoms with Crippen molar-refractivity contribution in [3.05, 3.63) is 0 Å². The summed E-state index contributed by atoms with van der Waals surface area (Å²) in [5.74, 6) is -2.39. The largest absolute Gasteiger partial charge is 0.480 e. The van der Waals surface area contributed by atoms with Gasteiger partial charge in [-0.25, -0.2) is 9.59 Å². The van der Waals surface area contributed by atoms with Crippen molar-refractivity contribution in [3.63, 3.8) is 0 Å². The van der Waals surface area contributed by atoms with E-state index in [-0.39, 0.29) is 5.92 Å². The lowest BCUT2D eigenvalue weighted by Crippen LogP contribution is -2.56. The van der Waals surface area contributed by atoms with Gasteiger partial charge in [0.05, 0.1) is 0 Å². The number of hydrogen-bond donors (Lipinski definition) is 3. The first-order valence-corrected chi connectivity index (χ1v) is 6.76. The van der Waals surface area contributed by atoms with Crippen LogP contribution in [0, 0.1) is 5.92 Å². The van der Waals surface area contributed by atoms with Gasteiger partial charge in [-0.1, -0.05) is 0 Å². The van der Waals surface area contributed by atoms with E-state index in [1.165, 1.54) is 20.8 Å². The monoisotopic (exact) mass is 297 g/mol. The van der Waals surface area contributed by atoms with Crippen LogP contribution in [0.4, 0.5) is 4.79 Å². The maximum absolute atomic E-state index is 12.0. The lowest BCUT2D eigenvalue weighted by atomic mass is 9.96. The highest BCUT2D eigenvalue weighted by Crippen LogP contribution is 2.39. The van der Waals surface area contributed by atoms with E-state index < -0.39 is 41.4 Å². The summed E-state index contributed by atoms with van der Waals surface area (Å²) >= 11 is 0. The molecular weight excluding hydrogens is 278 g/mol. The molecule has 1 unspecified atom stereocenters. The Morgan fingerprint density at radius 1 is 1.43 bits per heavy atom. The molecule has 0 aromatic carbocycles. The third kappa shape index (κ3) is 2.70. The molecule has 2 aliphatic rings. The number of nitrogens with zero attached hydrogens (tertiary/aromatic N) is 1. The summed E-state index contributed by atoms with van der Waals surface area (Å²) in [6.07, 6.45) is 1.47. The van der Waals surface area contributed by atoms with Gasteiger partial charge in [0.25, 0.3) is 5.91 Å². The van der Waals surface area contributed by atoms with Crippen molar-refractivity contribution in [3.8, 4) is 0 Å². The average molecular weight is 297 g/mol. The fourth-order valence-corrected chi connectivity index (χ4v) is 2.43. The predicted octanol–water partition coefficient (Wildman–Crippen LogP) is -0.314. The van der Waals surface area contributed by atoms with Gasteiger partial charge in [0.15, 0.2) is 0 Å². The zero-order valence-electron chi connectivity index (χ0n) is 12.2. The van der Waals surface area contributed by atoms with Crippen molar-refractivity contribution in [2.24, 2.45) is 5.92 Å². The van der Waals surface area contributed by atoms with Gasteiger partial charge < -0.3 is 15.7 Å². The Kier molecular flexibility index (Phi) is 3.43. The van der Waals surface area contributed by atoms with Crippen LogP contribution in [-0.4, -0.2) is 51.4 Å². The smallest absolute Gasteiger partial charge is 0.329 e. The molecule has 0 aromatic rings. The minimum Gasteiger partial charge on any atom is -0.480 e. The zero-order valence-corrected chi connectivity index (χ0v) is 12.2. The number of carboxylic acid groups (broad SMARTS) is 1. The number of aliphatic carboxylic acids is 1. The summed E-state index contributed by atoms with van der Waals surface area (Å²) in [6, 6.07) is -0.649. The van der Waals surface area contributed by atoms with Crippen LogP contribution in [0.1, 0.15) is 33.6 Å². The van der Waals surface area contributed by atoms with Crippen molar-refractivity contribution >= 4 is 23.8 Å². The number of imide groups is 1. The van der Waals surface area contributed by atoms with Crippen molar-refractivity contribution in [2.75, 3.05) is 6.54 Å². The lowest BCUT2D eigenvalue weighted by molar-refractivity contribution is -0.148. The van der Waals surface area contributed by atoms with Crippen LogP contribution in [0.3, 0.4) is 0 Å². The number of amides is 4. The minimum absolute atomic E-state index is 0.113. The number of hydrogen-bond acceptors (Lipinski definition) is 4. The fourth-order valence-electron chi connectivity index (χ4n) is 2.43. The van der Waals surface area contributed by atoms with Crippen molar-refractivity contribution in [1.29, 1.82) is 0 Å². The van der Waals surface area contributed by atoms with E-state index in [2.05, 4.69) is 10.6 Å². The zero-order chi connectivity index (χ0) is 16.0. The summed E-state index contributed by atoms with van der Waals surface area (Å²) in [4.78, 5) is 47.8. The van der Waals surface area contributed by atoms with Gasteiger partial charge >= 0.3 is 12.0 Å². The standard InChI is InChI=1S/C13H19N3O5/c1-12(2)9(18)16(11(21)15-12)6-8(17)14-13(3,10(19)20)7-4-5-7/h7H,4-6H2,1-3H3,(H,14,17)(H,15,21)(H,19,20). The minimum atomic E-state index is -1.36. The molecule has 3 N–H and O–H groups in total. The third-order valence-corrected chi connectivity index (χ3v) is 3.98. The molecule has 0 spiro atoms. The molecular formula is C13H19N3O5. The Morgan fingerprint density at radius 3 is 2.38 bits per heavy atom.